The molecule has 3 rings (SSSR count). The van der Waals surface area contributed by atoms with Gasteiger partial charge in [0.15, 0.2) is 0 Å². The van der Waals surface area contributed by atoms with Gasteiger partial charge < -0.3 is 14.8 Å². The number of benzene rings is 1. The van der Waals surface area contributed by atoms with Crippen molar-refractivity contribution in [3.63, 3.8) is 0 Å². The minimum absolute atomic E-state index is 0.00296. The molecule has 1 heterocycles. The van der Waals surface area contributed by atoms with Crippen LogP contribution in [0.15, 0.2) is 18.2 Å². The summed E-state index contributed by atoms with van der Waals surface area (Å²) in [6, 6.07) is 6.52. The van der Waals surface area contributed by atoms with E-state index in [1.165, 1.54) is 24.8 Å². The predicted molar refractivity (Wildman–Crippen MR) is 85.0 cm³/mol. The molecule has 2 aliphatic rings. The molecule has 1 aromatic rings. The maximum atomic E-state index is 6.53. The molecule has 1 spiro atoms. The Bertz CT molecular complexity index is 526. The van der Waals surface area contributed by atoms with Gasteiger partial charge in [0.2, 0.25) is 0 Å². The van der Waals surface area contributed by atoms with Gasteiger partial charge in [-0.3, -0.25) is 0 Å². The van der Waals surface area contributed by atoms with Crippen molar-refractivity contribution in [3.05, 3.63) is 23.8 Å². The molecule has 0 bridgehead atoms. The fourth-order valence-corrected chi connectivity index (χ4v) is 4.23. The molecule has 1 N–H and O–H groups in total. The summed E-state index contributed by atoms with van der Waals surface area (Å²) in [5.74, 6) is 1.93. The Labute approximate surface area is 128 Å². The van der Waals surface area contributed by atoms with E-state index in [-0.39, 0.29) is 5.60 Å². The van der Waals surface area contributed by atoms with Gasteiger partial charge in [-0.15, -0.1) is 0 Å². The average Bonchev–Trinajstić information content (AvgIpc) is 2.44. The monoisotopic (exact) mass is 289 g/mol. The van der Waals surface area contributed by atoms with Crippen LogP contribution in [-0.2, 0) is 0 Å². The molecule has 3 heteroatoms. The molecule has 0 saturated heterocycles. The third kappa shape index (κ3) is 2.76. The molecular formula is C18H27NO2. The van der Waals surface area contributed by atoms with Gasteiger partial charge in [-0.2, -0.15) is 0 Å². The van der Waals surface area contributed by atoms with E-state index in [4.69, 9.17) is 9.47 Å². The van der Waals surface area contributed by atoms with Gasteiger partial charge in [-0.25, -0.2) is 0 Å². The average molecular weight is 289 g/mol. The minimum Gasteiger partial charge on any atom is -0.497 e. The maximum absolute atomic E-state index is 6.53. The molecule has 3 nitrogen and oxygen atoms in total. The van der Waals surface area contributed by atoms with E-state index < -0.39 is 0 Å². The van der Waals surface area contributed by atoms with Crippen LogP contribution in [0.4, 0.5) is 0 Å². The molecule has 21 heavy (non-hydrogen) atoms. The van der Waals surface area contributed by atoms with E-state index in [0.29, 0.717) is 11.5 Å². The van der Waals surface area contributed by atoms with Crippen molar-refractivity contribution in [1.29, 1.82) is 0 Å². The van der Waals surface area contributed by atoms with Crippen LogP contribution in [0.25, 0.3) is 0 Å². The zero-order chi connectivity index (χ0) is 15.1. The summed E-state index contributed by atoms with van der Waals surface area (Å²) in [6.07, 6.45) is 5.92. The number of fused-ring (bicyclic) bond motifs is 1. The van der Waals surface area contributed by atoms with Gasteiger partial charge >= 0.3 is 0 Å². The Balaban J connectivity index is 1.95. The van der Waals surface area contributed by atoms with Crippen molar-refractivity contribution in [3.8, 4) is 11.5 Å². The van der Waals surface area contributed by atoms with Gasteiger partial charge in [0.05, 0.1) is 7.11 Å². The SMILES string of the molecule is CNC1CC2(CCCC(C)(C)C2)Oc2ccc(OC)cc21. The first-order valence-electron chi connectivity index (χ1n) is 8.01. The van der Waals surface area contributed by atoms with Crippen LogP contribution in [0.1, 0.15) is 57.6 Å². The van der Waals surface area contributed by atoms with E-state index in [1.54, 1.807) is 7.11 Å². The quantitative estimate of drug-likeness (QED) is 0.890. The van der Waals surface area contributed by atoms with Crippen molar-refractivity contribution in [2.75, 3.05) is 14.2 Å². The summed E-state index contributed by atoms with van der Waals surface area (Å²) < 4.78 is 11.9. The van der Waals surface area contributed by atoms with Crippen LogP contribution in [0.3, 0.4) is 0 Å². The number of hydrogen-bond acceptors (Lipinski definition) is 3. The highest BCUT2D eigenvalue weighted by Crippen LogP contribution is 2.51. The van der Waals surface area contributed by atoms with Gasteiger partial charge in [0.25, 0.3) is 0 Å². The fraction of sp³-hybridized carbons (Fsp3) is 0.667. The summed E-state index contributed by atoms with van der Waals surface area (Å²) in [6.45, 7) is 4.74. The molecule has 1 aliphatic carbocycles. The Morgan fingerprint density at radius 1 is 1.29 bits per heavy atom. The molecule has 2 unspecified atom stereocenters. The molecule has 1 fully saturated rings. The third-order valence-corrected chi connectivity index (χ3v) is 5.13. The van der Waals surface area contributed by atoms with E-state index in [9.17, 15) is 0 Å². The molecule has 1 saturated carbocycles. The molecular weight excluding hydrogens is 262 g/mol. The lowest BCUT2D eigenvalue weighted by molar-refractivity contribution is -0.0413. The highest BCUT2D eigenvalue weighted by atomic mass is 16.5. The summed E-state index contributed by atoms with van der Waals surface area (Å²) in [4.78, 5) is 0. The highest BCUT2D eigenvalue weighted by Gasteiger charge is 2.46. The summed E-state index contributed by atoms with van der Waals surface area (Å²) in [5, 5.41) is 3.47. The van der Waals surface area contributed by atoms with Crippen molar-refractivity contribution >= 4 is 0 Å². The predicted octanol–water partition coefficient (Wildman–Crippen LogP) is 4.08. The zero-order valence-corrected chi connectivity index (χ0v) is 13.7. The molecule has 2 atom stereocenters. The van der Waals surface area contributed by atoms with Gasteiger partial charge in [-0.05, 0) is 56.3 Å². The van der Waals surface area contributed by atoms with Crippen molar-refractivity contribution in [2.24, 2.45) is 5.41 Å². The van der Waals surface area contributed by atoms with Crippen LogP contribution in [0.5, 0.6) is 11.5 Å². The number of hydrogen-bond donors (Lipinski definition) is 1. The summed E-state index contributed by atoms with van der Waals surface area (Å²) >= 11 is 0. The number of methoxy groups -OCH3 is 1. The van der Waals surface area contributed by atoms with E-state index in [1.807, 2.05) is 13.1 Å². The topological polar surface area (TPSA) is 30.5 Å². The van der Waals surface area contributed by atoms with Crippen molar-refractivity contribution in [1.82, 2.24) is 5.32 Å². The smallest absolute Gasteiger partial charge is 0.125 e. The first-order chi connectivity index (χ1) is 9.97. The number of nitrogens with one attached hydrogen (secondary N) is 1. The Morgan fingerprint density at radius 3 is 2.76 bits per heavy atom. The lowest BCUT2D eigenvalue weighted by Gasteiger charge is -2.49. The summed E-state index contributed by atoms with van der Waals surface area (Å²) in [7, 11) is 3.76. The number of ether oxygens (including phenoxy) is 2. The zero-order valence-electron chi connectivity index (χ0n) is 13.7. The third-order valence-electron chi connectivity index (χ3n) is 5.13. The van der Waals surface area contributed by atoms with Crippen LogP contribution in [0, 0.1) is 5.41 Å². The van der Waals surface area contributed by atoms with Crippen LogP contribution < -0.4 is 14.8 Å². The molecule has 1 aliphatic heterocycles. The fourth-order valence-electron chi connectivity index (χ4n) is 4.23. The standard InChI is InChI=1S/C18H27NO2/c1-17(2)8-5-9-18(12-17)11-15(19-3)14-10-13(20-4)6-7-16(14)21-18/h6-7,10,15,19H,5,8-9,11-12H2,1-4H3. The van der Waals surface area contributed by atoms with Crippen molar-refractivity contribution in [2.45, 2.75) is 57.6 Å². The van der Waals surface area contributed by atoms with Crippen molar-refractivity contribution < 1.29 is 9.47 Å². The largest absolute Gasteiger partial charge is 0.497 e. The highest BCUT2D eigenvalue weighted by molar-refractivity contribution is 5.44. The molecule has 0 radical (unpaired) electrons. The van der Waals surface area contributed by atoms with Crippen LogP contribution >= 0.6 is 0 Å². The second-order valence-corrected chi connectivity index (χ2v) is 7.43. The Kier molecular flexibility index (Phi) is 3.64. The first-order valence-corrected chi connectivity index (χ1v) is 8.01. The lowest BCUT2D eigenvalue weighted by atomic mass is 9.66. The van der Waals surface area contributed by atoms with Gasteiger partial charge in [0, 0.05) is 18.0 Å². The van der Waals surface area contributed by atoms with Crippen LogP contribution in [-0.4, -0.2) is 19.8 Å². The molecule has 0 aromatic heterocycles. The second kappa shape index (κ2) is 5.20. The van der Waals surface area contributed by atoms with E-state index in [0.717, 1.165) is 24.3 Å². The van der Waals surface area contributed by atoms with E-state index >= 15 is 0 Å². The maximum Gasteiger partial charge on any atom is 0.125 e. The van der Waals surface area contributed by atoms with Gasteiger partial charge in [-0.1, -0.05) is 13.8 Å². The van der Waals surface area contributed by atoms with Gasteiger partial charge in [0.1, 0.15) is 17.1 Å². The number of rotatable bonds is 2. The van der Waals surface area contributed by atoms with Crippen LogP contribution in [0.2, 0.25) is 0 Å². The molecule has 116 valence electrons. The Hall–Kier alpha value is -1.22. The normalized spacial score (nSPS) is 30.6. The van der Waals surface area contributed by atoms with E-state index in [2.05, 4.69) is 31.3 Å². The molecule has 0 amide bonds. The Morgan fingerprint density at radius 2 is 2.10 bits per heavy atom. The molecule has 1 aromatic carbocycles. The minimum atomic E-state index is -0.00296. The lowest BCUT2D eigenvalue weighted by Crippen LogP contribution is -2.48. The summed E-state index contributed by atoms with van der Waals surface area (Å²) in [5.41, 5.74) is 1.60. The first kappa shape index (κ1) is 14.7. The second-order valence-electron chi connectivity index (χ2n) is 7.43.